The van der Waals surface area contributed by atoms with Crippen LogP contribution in [-0.4, -0.2) is 56.7 Å². The van der Waals surface area contributed by atoms with Crippen LogP contribution < -0.4 is 16.0 Å². The van der Waals surface area contributed by atoms with Crippen molar-refractivity contribution >= 4 is 21.6 Å². The standard InChI is InChI=1S/C21H23N5O3S/c1-30(28,29)16-4-2-14(3-5-16)18-12-15(6-7-24-18)19-13-17(20(22)27)21(25-19)26-10-8-23-9-11-26/h2-7,12-13,23,25H,8-11H2,1H3,(H2,22,27). The van der Waals surface area contributed by atoms with E-state index in [-0.39, 0.29) is 4.90 Å². The molecule has 8 nitrogen and oxygen atoms in total. The maximum atomic E-state index is 12.0. The number of aromatic amines is 1. The van der Waals surface area contributed by atoms with Crippen LogP contribution in [0.25, 0.3) is 22.5 Å². The Morgan fingerprint density at radius 3 is 2.40 bits per heavy atom. The number of piperazine rings is 1. The first-order valence-electron chi connectivity index (χ1n) is 9.58. The molecule has 0 atom stereocenters. The highest BCUT2D eigenvalue weighted by Gasteiger charge is 2.21. The molecule has 1 amide bonds. The summed E-state index contributed by atoms with van der Waals surface area (Å²) >= 11 is 0. The van der Waals surface area contributed by atoms with Crippen molar-refractivity contribution < 1.29 is 13.2 Å². The summed E-state index contributed by atoms with van der Waals surface area (Å²) in [5.74, 6) is 0.256. The van der Waals surface area contributed by atoms with E-state index < -0.39 is 15.7 Å². The van der Waals surface area contributed by atoms with Crippen molar-refractivity contribution in [3.63, 3.8) is 0 Å². The molecule has 0 bridgehead atoms. The Hall–Kier alpha value is -3.17. The summed E-state index contributed by atoms with van der Waals surface area (Å²) in [6.45, 7) is 3.26. The van der Waals surface area contributed by atoms with Crippen molar-refractivity contribution in [2.45, 2.75) is 4.90 Å². The average Bonchev–Trinajstić information content (AvgIpc) is 3.20. The number of carbonyl (C=O) groups is 1. The number of nitrogens with one attached hydrogen (secondary N) is 2. The van der Waals surface area contributed by atoms with Gasteiger partial charge in [-0.15, -0.1) is 0 Å². The Balaban J connectivity index is 1.69. The predicted octanol–water partition coefficient (Wildman–Crippen LogP) is 1.66. The zero-order valence-corrected chi connectivity index (χ0v) is 17.4. The minimum Gasteiger partial charge on any atom is -0.365 e. The highest BCUT2D eigenvalue weighted by atomic mass is 32.2. The molecule has 3 aromatic rings. The molecule has 0 unspecified atom stereocenters. The third-order valence-electron chi connectivity index (χ3n) is 5.14. The van der Waals surface area contributed by atoms with Crippen molar-refractivity contribution in [3.05, 3.63) is 54.2 Å². The number of benzene rings is 1. The highest BCUT2D eigenvalue weighted by Crippen LogP contribution is 2.30. The van der Waals surface area contributed by atoms with Gasteiger partial charge in [0.05, 0.1) is 16.2 Å². The summed E-state index contributed by atoms with van der Waals surface area (Å²) in [6.07, 6.45) is 2.86. The van der Waals surface area contributed by atoms with E-state index in [1.54, 1.807) is 36.5 Å². The quantitative estimate of drug-likeness (QED) is 0.572. The van der Waals surface area contributed by atoms with Crippen LogP contribution in [0.4, 0.5) is 5.82 Å². The molecule has 1 fully saturated rings. The second-order valence-electron chi connectivity index (χ2n) is 7.27. The summed E-state index contributed by atoms with van der Waals surface area (Å²) in [4.78, 5) is 22.1. The molecule has 1 aromatic carbocycles. The molecule has 2 aromatic heterocycles. The number of H-pyrrole nitrogens is 1. The minimum absolute atomic E-state index is 0.263. The molecule has 1 aliphatic heterocycles. The van der Waals surface area contributed by atoms with Gasteiger partial charge in [0.1, 0.15) is 5.82 Å². The number of nitrogens with two attached hydrogens (primary N) is 1. The molecule has 9 heteroatoms. The molecule has 0 aliphatic carbocycles. The number of sulfone groups is 1. The second-order valence-corrected chi connectivity index (χ2v) is 9.29. The van der Waals surface area contributed by atoms with Crippen LogP contribution in [0.15, 0.2) is 53.6 Å². The van der Waals surface area contributed by atoms with Crippen LogP contribution in [0.2, 0.25) is 0 Å². The van der Waals surface area contributed by atoms with E-state index in [2.05, 4.69) is 20.2 Å². The summed E-state index contributed by atoms with van der Waals surface area (Å²) in [6, 6.07) is 12.1. The fraction of sp³-hybridized carbons (Fsp3) is 0.238. The molecule has 4 N–H and O–H groups in total. The van der Waals surface area contributed by atoms with Gasteiger partial charge in [0.25, 0.3) is 5.91 Å². The highest BCUT2D eigenvalue weighted by molar-refractivity contribution is 7.90. The molecule has 0 spiro atoms. The van der Waals surface area contributed by atoms with Gasteiger partial charge in [-0.3, -0.25) is 9.78 Å². The monoisotopic (exact) mass is 425 g/mol. The lowest BCUT2D eigenvalue weighted by Gasteiger charge is -2.28. The fourth-order valence-electron chi connectivity index (χ4n) is 3.55. The van der Waals surface area contributed by atoms with Crippen LogP contribution in [-0.2, 0) is 9.84 Å². The Kier molecular flexibility index (Phi) is 5.31. The predicted molar refractivity (Wildman–Crippen MR) is 116 cm³/mol. The number of rotatable bonds is 5. The minimum atomic E-state index is -3.25. The Bertz CT molecular complexity index is 1180. The average molecular weight is 426 g/mol. The summed E-state index contributed by atoms with van der Waals surface area (Å²) < 4.78 is 23.3. The van der Waals surface area contributed by atoms with Crippen LogP contribution in [0.1, 0.15) is 10.4 Å². The van der Waals surface area contributed by atoms with Gasteiger partial charge >= 0.3 is 0 Å². The number of carbonyl (C=O) groups excluding carboxylic acids is 1. The SMILES string of the molecule is CS(=O)(=O)c1ccc(-c2cc(-c3cc(C(N)=O)c(N4CCNCC4)[nH]3)ccn2)cc1. The van der Waals surface area contributed by atoms with E-state index in [9.17, 15) is 13.2 Å². The Morgan fingerprint density at radius 2 is 1.77 bits per heavy atom. The molecule has 3 heterocycles. The first-order chi connectivity index (χ1) is 14.3. The first kappa shape index (κ1) is 20.1. The second kappa shape index (κ2) is 7.92. The van der Waals surface area contributed by atoms with Gasteiger partial charge in [-0.25, -0.2) is 8.42 Å². The zero-order valence-electron chi connectivity index (χ0n) is 16.6. The van der Waals surface area contributed by atoms with Crippen molar-refractivity contribution in [2.24, 2.45) is 5.73 Å². The van der Waals surface area contributed by atoms with Crippen molar-refractivity contribution in [1.29, 1.82) is 0 Å². The van der Waals surface area contributed by atoms with E-state index in [0.29, 0.717) is 11.3 Å². The van der Waals surface area contributed by atoms with Gasteiger partial charge < -0.3 is 20.9 Å². The number of aromatic nitrogens is 2. The number of hydrogen-bond acceptors (Lipinski definition) is 6. The van der Waals surface area contributed by atoms with Crippen molar-refractivity contribution in [2.75, 3.05) is 37.3 Å². The van der Waals surface area contributed by atoms with Crippen LogP contribution in [0.5, 0.6) is 0 Å². The molecule has 0 saturated carbocycles. The zero-order chi connectivity index (χ0) is 21.3. The van der Waals surface area contributed by atoms with Gasteiger partial charge in [0.2, 0.25) is 0 Å². The van der Waals surface area contributed by atoms with Crippen molar-refractivity contribution in [3.8, 4) is 22.5 Å². The van der Waals surface area contributed by atoms with Gasteiger partial charge in [-0.2, -0.15) is 0 Å². The molecule has 30 heavy (non-hydrogen) atoms. The third kappa shape index (κ3) is 4.07. The molecular weight excluding hydrogens is 402 g/mol. The van der Waals surface area contributed by atoms with E-state index in [1.807, 2.05) is 12.1 Å². The summed E-state index contributed by atoms with van der Waals surface area (Å²) in [5.41, 5.74) is 9.21. The fourth-order valence-corrected chi connectivity index (χ4v) is 4.18. The van der Waals surface area contributed by atoms with E-state index >= 15 is 0 Å². The molecular formula is C21H23N5O3S. The van der Waals surface area contributed by atoms with Gasteiger partial charge in [0.15, 0.2) is 9.84 Å². The largest absolute Gasteiger partial charge is 0.365 e. The van der Waals surface area contributed by atoms with Crippen molar-refractivity contribution in [1.82, 2.24) is 15.3 Å². The van der Waals surface area contributed by atoms with Crippen LogP contribution in [0.3, 0.4) is 0 Å². The number of anilines is 1. The normalized spacial score (nSPS) is 14.6. The summed E-state index contributed by atoms with van der Waals surface area (Å²) in [7, 11) is -3.25. The van der Waals surface area contributed by atoms with E-state index in [4.69, 9.17) is 5.73 Å². The summed E-state index contributed by atoms with van der Waals surface area (Å²) in [5, 5.41) is 3.29. The number of pyridine rings is 1. The lowest BCUT2D eigenvalue weighted by atomic mass is 10.1. The lowest BCUT2D eigenvalue weighted by molar-refractivity contribution is 0.100. The van der Waals surface area contributed by atoms with E-state index in [0.717, 1.165) is 48.8 Å². The first-order valence-corrected chi connectivity index (χ1v) is 11.5. The molecule has 1 saturated heterocycles. The topological polar surface area (TPSA) is 121 Å². The number of primary amides is 1. The molecule has 156 valence electrons. The Morgan fingerprint density at radius 1 is 1.07 bits per heavy atom. The number of nitrogens with zero attached hydrogens (tertiary/aromatic N) is 2. The van der Waals surface area contributed by atoms with Gasteiger partial charge in [-0.05, 0) is 30.3 Å². The molecule has 4 rings (SSSR count). The van der Waals surface area contributed by atoms with Gasteiger partial charge in [0, 0.05) is 55.5 Å². The lowest BCUT2D eigenvalue weighted by Crippen LogP contribution is -2.44. The Labute approximate surface area is 175 Å². The number of hydrogen-bond donors (Lipinski definition) is 3. The smallest absolute Gasteiger partial charge is 0.252 e. The van der Waals surface area contributed by atoms with Crippen LogP contribution >= 0.6 is 0 Å². The van der Waals surface area contributed by atoms with E-state index in [1.165, 1.54) is 6.26 Å². The van der Waals surface area contributed by atoms with Crippen LogP contribution in [0, 0.1) is 0 Å². The molecule has 0 radical (unpaired) electrons. The number of amides is 1. The maximum absolute atomic E-state index is 12.0. The third-order valence-corrected chi connectivity index (χ3v) is 6.27. The maximum Gasteiger partial charge on any atom is 0.252 e. The molecule has 1 aliphatic rings. The van der Waals surface area contributed by atoms with Gasteiger partial charge in [-0.1, -0.05) is 12.1 Å².